The van der Waals surface area contributed by atoms with E-state index in [0.717, 1.165) is 61.5 Å². The van der Waals surface area contributed by atoms with Crippen LogP contribution >= 0.6 is 11.3 Å². The zero-order valence-corrected chi connectivity index (χ0v) is 17.9. The van der Waals surface area contributed by atoms with Crippen molar-refractivity contribution in [2.75, 3.05) is 24.6 Å². The molecule has 1 fully saturated rings. The fourth-order valence-corrected chi connectivity index (χ4v) is 5.75. The van der Waals surface area contributed by atoms with E-state index in [0.29, 0.717) is 13.2 Å². The van der Waals surface area contributed by atoms with Crippen LogP contribution in [-0.4, -0.2) is 35.6 Å². The summed E-state index contributed by atoms with van der Waals surface area (Å²) in [5.41, 5.74) is 1.47. The fourth-order valence-electron chi connectivity index (χ4n) is 4.48. The van der Waals surface area contributed by atoms with E-state index in [1.807, 2.05) is 18.3 Å². The van der Waals surface area contributed by atoms with Crippen molar-refractivity contribution in [2.24, 2.45) is 5.92 Å². The topological polar surface area (TPSA) is 55.3 Å². The number of piperidine rings is 1. The number of aromatic nitrogens is 2. The van der Waals surface area contributed by atoms with E-state index < -0.39 is 0 Å². The number of aryl methyl sites for hydroxylation is 3. The van der Waals surface area contributed by atoms with Crippen molar-refractivity contribution in [1.82, 2.24) is 9.97 Å². The minimum atomic E-state index is -0.0592. The van der Waals surface area contributed by atoms with Crippen LogP contribution in [0.25, 0.3) is 10.2 Å². The number of carbonyl (C=O) groups excluding carboxylic acids is 1. The summed E-state index contributed by atoms with van der Waals surface area (Å²) in [6, 6.07) is 0. The highest BCUT2D eigenvalue weighted by atomic mass is 32.1. The SMILES string of the molecule is CCCCc1nc(N2CCCC(C(=O)OCC)C2)c2c3c(sc2n1)CCCC3. The zero-order chi connectivity index (χ0) is 19.5. The van der Waals surface area contributed by atoms with E-state index >= 15 is 0 Å². The second-order valence-electron chi connectivity index (χ2n) is 8.00. The van der Waals surface area contributed by atoms with Crippen molar-refractivity contribution in [2.45, 2.75) is 71.6 Å². The Morgan fingerprint density at radius 3 is 2.89 bits per heavy atom. The molecular weight excluding hydrogens is 370 g/mol. The number of hydrogen-bond donors (Lipinski definition) is 0. The molecule has 1 unspecified atom stereocenters. The first-order valence-electron chi connectivity index (χ1n) is 10.9. The predicted octanol–water partition coefficient (Wildman–Crippen LogP) is 4.69. The molecule has 0 spiro atoms. The molecule has 28 heavy (non-hydrogen) atoms. The standard InChI is InChI=1S/C22H31N3O2S/c1-3-5-12-18-23-20(25-13-8-9-15(14-25)22(26)27-4-2)19-16-10-6-7-11-17(16)28-21(19)24-18/h15H,3-14H2,1-2H3. The average molecular weight is 402 g/mol. The van der Waals surface area contributed by atoms with E-state index in [9.17, 15) is 4.79 Å². The van der Waals surface area contributed by atoms with Gasteiger partial charge in [-0.25, -0.2) is 9.97 Å². The summed E-state index contributed by atoms with van der Waals surface area (Å²) in [6.07, 6.45) is 9.94. The number of ether oxygens (including phenoxy) is 1. The van der Waals surface area contributed by atoms with Crippen LogP contribution in [0.5, 0.6) is 0 Å². The first kappa shape index (κ1) is 19.6. The molecule has 4 rings (SSSR count). The van der Waals surface area contributed by atoms with Crippen LogP contribution < -0.4 is 4.90 Å². The van der Waals surface area contributed by atoms with Gasteiger partial charge < -0.3 is 9.64 Å². The third-order valence-electron chi connectivity index (χ3n) is 5.94. The molecule has 0 aromatic carbocycles. The Morgan fingerprint density at radius 1 is 1.21 bits per heavy atom. The highest BCUT2D eigenvalue weighted by Crippen LogP contribution is 2.40. The summed E-state index contributed by atoms with van der Waals surface area (Å²) in [5, 5.41) is 1.27. The highest BCUT2D eigenvalue weighted by molar-refractivity contribution is 7.19. The molecule has 0 N–H and O–H groups in total. The van der Waals surface area contributed by atoms with Gasteiger partial charge in [-0.15, -0.1) is 11.3 Å². The Balaban J connectivity index is 1.73. The molecule has 1 aliphatic heterocycles. The highest BCUT2D eigenvalue weighted by Gasteiger charge is 2.30. The Labute approximate surface area is 171 Å². The minimum Gasteiger partial charge on any atom is -0.466 e. The van der Waals surface area contributed by atoms with Crippen LogP contribution in [0.2, 0.25) is 0 Å². The Kier molecular flexibility index (Phi) is 6.14. The van der Waals surface area contributed by atoms with E-state index in [1.165, 1.54) is 35.1 Å². The quantitative estimate of drug-likeness (QED) is 0.657. The molecule has 3 heterocycles. The molecule has 6 heteroatoms. The van der Waals surface area contributed by atoms with Crippen molar-refractivity contribution in [3.63, 3.8) is 0 Å². The number of carbonyl (C=O) groups is 1. The lowest BCUT2D eigenvalue weighted by Crippen LogP contribution is -2.40. The lowest BCUT2D eigenvalue weighted by Gasteiger charge is -2.33. The van der Waals surface area contributed by atoms with Gasteiger partial charge >= 0.3 is 5.97 Å². The summed E-state index contributed by atoms with van der Waals surface area (Å²) in [5.74, 6) is 1.93. The van der Waals surface area contributed by atoms with E-state index in [1.54, 1.807) is 0 Å². The Morgan fingerprint density at radius 2 is 2.07 bits per heavy atom. The third kappa shape index (κ3) is 3.88. The molecule has 1 aliphatic carbocycles. The first-order chi connectivity index (χ1) is 13.7. The maximum atomic E-state index is 12.3. The molecule has 0 radical (unpaired) electrons. The van der Waals surface area contributed by atoms with Crippen molar-refractivity contribution >= 4 is 33.3 Å². The number of nitrogens with zero attached hydrogens (tertiary/aromatic N) is 3. The van der Waals surface area contributed by atoms with Gasteiger partial charge in [0, 0.05) is 24.4 Å². The molecule has 0 saturated carbocycles. The maximum absolute atomic E-state index is 12.3. The van der Waals surface area contributed by atoms with Gasteiger partial charge in [-0.1, -0.05) is 13.3 Å². The average Bonchev–Trinajstić information content (AvgIpc) is 3.10. The maximum Gasteiger partial charge on any atom is 0.310 e. The smallest absolute Gasteiger partial charge is 0.310 e. The van der Waals surface area contributed by atoms with Crippen molar-refractivity contribution in [3.05, 3.63) is 16.3 Å². The Bertz CT molecular complexity index is 848. The number of rotatable bonds is 6. The van der Waals surface area contributed by atoms with Gasteiger partial charge in [0.2, 0.25) is 0 Å². The predicted molar refractivity (Wildman–Crippen MR) is 114 cm³/mol. The lowest BCUT2D eigenvalue weighted by atomic mass is 9.95. The number of unbranched alkanes of at least 4 members (excludes halogenated alkanes) is 1. The van der Waals surface area contributed by atoms with Crippen LogP contribution in [0, 0.1) is 5.92 Å². The number of hydrogen-bond acceptors (Lipinski definition) is 6. The molecule has 5 nitrogen and oxygen atoms in total. The van der Waals surface area contributed by atoms with E-state index in [-0.39, 0.29) is 11.9 Å². The molecular formula is C22H31N3O2S. The molecule has 0 amide bonds. The number of esters is 1. The molecule has 1 atom stereocenters. The van der Waals surface area contributed by atoms with Crippen molar-refractivity contribution < 1.29 is 9.53 Å². The van der Waals surface area contributed by atoms with Gasteiger partial charge in [-0.2, -0.15) is 0 Å². The van der Waals surface area contributed by atoms with E-state index in [4.69, 9.17) is 14.7 Å². The largest absolute Gasteiger partial charge is 0.466 e. The van der Waals surface area contributed by atoms with Crippen LogP contribution in [-0.2, 0) is 28.8 Å². The minimum absolute atomic E-state index is 0.0488. The summed E-state index contributed by atoms with van der Waals surface area (Å²) < 4.78 is 5.31. The molecule has 2 aromatic rings. The monoisotopic (exact) mass is 401 g/mol. The normalized spacial score (nSPS) is 19.6. The molecule has 152 valence electrons. The van der Waals surface area contributed by atoms with Crippen LogP contribution in [0.3, 0.4) is 0 Å². The number of anilines is 1. The fraction of sp³-hybridized carbons (Fsp3) is 0.682. The second kappa shape index (κ2) is 8.76. The third-order valence-corrected chi connectivity index (χ3v) is 7.12. The lowest BCUT2D eigenvalue weighted by molar-refractivity contribution is -0.148. The van der Waals surface area contributed by atoms with Crippen LogP contribution in [0.1, 0.15) is 68.6 Å². The zero-order valence-electron chi connectivity index (χ0n) is 17.1. The summed E-state index contributed by atoms with van der Waals surface area (Å²) in [4.78, 5) is 27.3. The van der Waals surface area contributed by atoms with Crippen molar-refractivity contribution in [3.8, 4) is 0 Å². The van der Waals surface area contributed by atoms with Gasteiger partial charge in [0.25, 0.3) is 0 Å². The van der Waals surface area contributed by atoms with Crippen molar-refractivity contribution in [1.29, 1.82) is 0 Å². The van der Waals surface area contributed by atoms with E-state index in [2.05, 4.69) is 11.8 Å². The van der Waals surface area contributed by atoms with Gasteiger partial charge in [-0.3, -0.25) is 4.79 Å². The van der Waals surface area contributed by atoms with Crippen LogP contribution in [0.4, 0.5) is 5.82 Å². The molecule has 1 saturated heterocycles. The Hall–Kier alpha value is -1.69. The van der Waals surface area contributed by atoms with Gasteiger partial charge in [-0.05, 0) is 57.4 Å². The summed E-state index contributed by atoms with van der Waals surface area (Å²) in [7, 11) is 0. The summed E-state index contributed by atoms with van der Waals surface area (Å²) >= 11 is 1.87. The van der Waals surface area contributed by atoms with Gasteiger partial charge in [0.1, 0.15) is 16.5 Å². The number of thiophene rings is 1. The molecule has 2 aromatic heterocycles. The first-order valence-corrected chi connectivity index (χ1v) is 11.8. The number of fused-ring (bicyclic) bond motifs is 3. The van der Waals surface area contributed by atoms with Gasteiger partial charge in [0.15, 0.2) is 0 Å². The molecule has 2 aliphatic rings. The van der Waals surface area contributed by atoms with Gasteiger partial charge in [0.05, 0.1) is 17.9 Å². The second-order valence-corrected chi connectivity index (χ2v) is 9.08. The summed E-state index contributed by atoms with van der Waals surface area (Å²) in [6.45, 7) is 6.21. The van der Waals surface area contributed by atoms with Crippen LogP contribution in [0.15, 0.2) is 0 Å². The molecule has 0 bridgehead atoms.